The third-order valence-corrected chi connectivity index (χ3v) is 2.16. The summed E-state index contributed by atoms with van der Waals surface area (Å²) in [6, 6.07) is 0. The number of ether oxygens (including phenoxy) is 3. The van der Waals surface area contributed by atoms with Crippen molar-refractivity contribution in [1.82, 2.24) is 5.32 Å². The molecule has 0 saturated carbocycles. The molecule has 1 aliphatic heterocycles. The van der Waals surface area contributed by atoms with Crippen molar-refractivity contribution in [1.29, 1.82) is 0 Å². The monoisotopic (exact) mass is 229 g/mol. The maximum absolute atomic E-state index is 11.2. The molecule has 0 aromatic rings. The highest BCUT2D eigenvalue weighted by molar-refractivity contribution is 5.88. The van der Waals surface area contributed by atoms with Crippen molar-refractivity contribution in [3.63, 3.8) is 0 Å². The van der Waals surface area contributed by atoms with Crippen molar-refractivity contribution >= 4 is 5.97 Å². The van der Waals surface area contributed by atoms with E-state index in [9.17, 15) is 4.79 Å². The van der Waals surface area contributed by atoms with E-state index in [1.165, 1.54) is 0 Å². The summed E-state index contributed by atoms with van der Waals surface area (Å²) >= 11 is 0. The lowest BCUT2D eigenvalue weighted by molar-refractivity contribution is -0.138. The maximum atomic E-state index is 11.2. The molecule has 1 fully saturated rings. The van der Waals surface area contributed by atoms with Gasteiger partial charge in [-0.1, -0.05) is 6.58 Å². The van der Waals surface area contributed by atoms with E-state index >= 15 is 0 Å². The third kappa shape index (κ3) is 4.74. The van der Waals surface area contributed by atoms with Crippen LogP contribution in [0.15, 0.2) is 12.2 Å². The first kappa shape index (κ1) is 13.2. The van der Waals surface area contributed by atoms with Crippen molar-refractivity contribution < 1.29 is 19.0 Å². The molecule has 0 amide bonds. The summed E-state index contributed by atoms with van der Waals surface area (Å²) in [7, 11) is 0. The molecule has 0 radical (unpaired) electrons. The molecule has 16 heavy (non-hydrogen) atoms. The molecule has 1 atom stereocenters. The molecular weight excluding hydrogens is 210 g/mol. The number of hydrogen-bond acceptors (Lipinski definition) is 5. The van der Waals surface area contributed by atoms with Gasteiger partial charge in [-0.15, -0.1) is 0 Å². The molecule has 1 heterocycles. The van der Waals surface area contributed by atoms with Gasteiger partial charge in [0, 0.05) is 18.7 Å². The lowest BCUT2D eigenvalue weighted by Gasteiger charge is -2.23. The number of esters is 1. The molecule has 0 aliphatic carbocycles. The first-order chi connectivity index (χ1) is 7.74. The Bertz CT molecular complexity index is 236. The molecule has 0 aromatic carbocycles. The SMILES string of the molecule is C=C(CNCC1COCCO1)C(=O)OCC. The molecule has 5 nitrogen and oxygen atoms in total. The van der Waals surface area contributed by atoms with Crippen LogP contribution in [0.2, 0.25) is 0 Å². The summed E-state index contributed by atoms with van der Waals surface area (Å²) in [5, 5.41) is 3.09. The second kappa shape index (κ2) is 7.38. The Morgan fingerprint density at radius 1 is 1.56 bits per heavy atom. The molecule has 0 bridgehead atoms. The first-order valence-electron chi connectivity index (χ1n) is 5.49. The number of carbonyl (C=O) groups excluding carboxylic acids is 1. The van der Waals surface area contributed by atoms with Crippen LogP contribution in [0.1, 0.15) is 6.92 Å². The van der Waals surface area contributed by atoms with E-state index in [-0.39, 0.29) is 12.1 Å². The number of hydrogen-bond donors (Lipinski definition) is 1. The van der Waals surface area contributed by atoms with Crippen LogP contribution in [-0.4, -0.2) is 51.6 Å². The molecule has 92 valence electrons. The van der Waals surface area contributed by atoms with Crippen molar-refractivity contribution in [2.75, 3.05) is 39.5 Å². The summed E-state index contributed by atoms with van der Waals surface area (Å²) in [6.07, 6.45) is 0.0590. The Kier molecular flexibility index (Phi) is 6.07. The lowest BCUT2D eigenvalue weighted by atomic mass is 10.3. The minimum Gasteiger partial charge on any atom is -0.463 e. The molecule has 1 unspecified atom stereocenters. The molecule has 1 rings (SSSR count). The smallest absolute Gasteiger partial charge is 0.334 e. The molecule has 0 aromatic heterocycles. The summed E-state index contributed by atoms with van der Waals surface area (Å²) in [5.41, 5.74) is 0.429. The Balaban J connectivity index is 2.09. The molecule has 1 saturated heterocycles. The van der Waals surface area contributed by atoms with E-state index < -0.39 is 0 Å². The quantitative estimate of drug-likeness (QED) is 0.517. The topological polar surface area (TPSA) is 56.8 Å². The highest BCUT2D eigenvalue weighted by atomic mass is 16.6. The Labute approximate surface area is 95.7 Å². The summed E-state index contributed by atoms with van der Waals surface area (Å²) < 4.78 is 15.5. The minimum absolute atomic E-state index is 0.0590. The van der Waals surface area contributed by atoms with Crippen molar-refractivity contribution in [2.24, 2.45) is 0 Å². The van der Waals surface area contributed by atoms with Gasteiger partial charge in [-0.05, 0) is 6.92 Å². The predicted molar refractivity (Wildman–Crippen MR) is 59.2 cm³/mol. The van der Waals surface area contributed by atoms with E-state index in [1.54, 1.807) is 6.92 Å². The zero-order chi connectivity index (χ0) is 11.8. The predicted octanol–water partition coefficient (Wildman–Crippen LogP) is 0.111. The van der Waals surface area contributed by atoms with Crippen LogP contribution in [-0.2, 0) is 19.0 Å². The normalized spacial score (nSPS) is 20.4. The summed E-state index contributed by atoms with van der Waals surface area (Å²) in [4.78, 5) is 11.2. The van der Waals surface area contributed by atoms with Crippen LogP contribution in [0.5, 0.6) is 0 Å². The maximum Gasteiger partial charge on any atom is 0.334 e. The average Bonchev–Trinajstić information content (AvgIpc) is 2.30. The van der Waals surface area contributed by atoms with Crippen LogP contribution in [0.25, 0.3) is 0 Å². The standard InChI is InChI=1S/C11H19NO4/c1-3-15-11(13)9(2)6-12-7-10-8-14-4-5-16-10/h10,12H,2-8H2,1H3. The molecule has 5 heteroatoms. The van der Waals surface area contributed by atoms with E-state index in [1.807, 2.05) is 0 Å². The molecule has 1 N–H and O–H groups in total. The van der Waals surface area contributed by atoms with Gasteiger partial charge in [0.05, 0.1) is 32.5 Å². The lowest BCUT2D eigenvalue weighted by Crippen LogP contribution is -2.38. The van der Waals surface area contributed by atoms with Gasteiger partial charge in [0.2, 0.25) is 0 Å². The van der Waals surface area contributed by atoms with Gasteiger partial charge < -0.3 is 19.5 Å². The fourth-order valence-corrected chi connectivity index (χ4v) is 1.34. The van der Waals surface area contributed by atoms with Gasteiger partial charge in [0.25, 0.3) is 0 Å². The zero-order valence-corrected chi connectivity index (χ0v) is 9.66. The van der Waals surface area contributed by atoms with Gasteiger partial charge in [-0.25, -0.2) is 4.79 Å². The Morgan fingerprint density at radius 3 is 3.00 bits per heavy atom. The van der Waals surface area contributed by atoms with Crippen LogP contribution in [0.3, 0.4) is 0 Å². The minimum atomic E-state index is -0.351. The highest BCUT2D eigenvalue weighted by Crippen LogP contribution is 1.99. The number of carbonyl (C=O) groups is 1. The first-order valence-corrected chi connectivity index (χ1v) is 5.49. The second-order valence-corrected chi connectivity index (χ2v) is 3.52. The fraction of sp³-hybridized carbons (Fsp3) is 0.727. The Morgan fingerprint density at radius 2 is 2.38 bits per heavy atom. The van der Waals surface area contributed by atoms with Crippen LogP contribution in [0, 0.1) is 0 Å². The van der Waals surface area contributed by atoms with E-state index in [0.29, 0.717) is 45.1 Å². The van der Waals surface area contributed by atoms with E-state index in [0.717, 1.165) is 0 Å². The van der Waals surface area contributed by atoms with Crippen LogP contribution in [0.4, 0.5) is 0 Å². The molecule has 1 aliphatic rings. The van der Waals surface area contributed by atoms with Gasteiger partial charge in [-0.3, -0.25) is 0 Å². The second-order valence-electron chi connectivity index (χ2n) is 3.52. The Hall–Kier alpha value is -0.910. The molecular formula is C11H19NO4. The van der Waals surface area contributed by atoms with Gasteiger partial charge >= 0.3 is 5.97 Å². The van der Waals surface area contributed by atoms with Crippen molar-refractivity contribution in [3.8, 4) is 0 Å². The fourth-order valence-electron chi connectivity index (χ4n) is 1.34. The molecule has 0 spiro atoms. The summed E-state index contributed by atoms with van der Waals surface area (Å²) in [6.45, 7) is 8.74. The van der Waals surface area contributed by atoms with Gasteiger partial charge in [-0.2, -0.15) is 0 Å². The van der Waals surface area contributed by atoms with Crippen LogP contribution < -0.4 is 5.32 Å². The van der Waals surface area contributed by atoms with Crippen LogP contribution >= 0.6 is 0 Å². The number of nitrogens with one attached hydrogen (secondary N) is 1. The average molecular weight is 229 g/mol. The van der Waals surface area contributed by atoms with E-state index in [2.05, 4.69) is 11.9 Å². The van der Waals surface area contributed by atoms with Crippen molar-refractivity contribution in [2.45, 2.75) is 13.0 Å². The van der Waals surface area contributed by atoms with Gasteiger partial charge in [0.1, 0.15) is 0 Å². The van der Waals surface area contributed by atoms with E-state index in [4.69, 9.17) is 14.2 Å². The number of rotatable bonds is 6. The van der Waals surface area contributed by atoms with Gasteiger partial charge in [0.15, 0.2) is 0 Å². The largest absolute Gasteiger partial charge is 0.463 e. The zero-order valence-electron chi connectivity index (χ0n) is 9.66. The summed E-state index contributed by atoms with van der Waals surface area (Å²) in [5.74, 6) is -0.351. The van der Waals surface area contributed by atoms with Crippen molar-refractivity contribution in [3.05, 3.63) is 12.2 Å². The third-order valence-electron chi connectivity index (χ3n) is 2.16. The highest BCUT2D eigenvalue weighted by Gasteiger charge is 2.14.